The summed E-state index contributed by atoms with van der Waals surface area (Å²) in [7, 11) is 1.52. The molecule has 9 heteroatoms. The first kappa shape index (κ1) is 14.3. The highest BCUT2D eigenvalue weighted by Gasteiger charge is 2.29. The van der Waals surface area contributed by atoms with Crippen LogP contribution in [0.25, 0.3) is 6.08 Å². The first-order valence-electron chi connectivity index (χ1n) is 5.23. The van der Waals surface area contributed by atoms with Gasteiger partial charge in [-0.1, -0.05) is 24.0 Å². The van der Waals surface area contributed by atoms with Crippen LogP contribution in [0.3, 0.4) is 0 Å². The van der Waals surface area contributed by atoms with Crippen molar-refractivity contribution < 1.29 is 19.9 Å². The van der Waals surface area contributed by atoms with E-state index in [4.69, 9.17) is 12.2 Å². The third-order valence-corrected chi connectivity index (χ3v) is 4.06. The first-order valence-corrected chi connectivity index (χ1v) is 6.45. The number of benzene rings is 1. The van der Waals surface area contributed by atoms with Crippen molar-refractivity contribution in [2.24, 2.45) is 0 Å². The zero-order chi connectivity index (χ0) is 15.0. The number of hydrogen-bond donors (Lipinski definition) is 2. The van der Waals surface area contributed by atoms with Crippen LogP contribution in [0.15, 0.2) is 17.0 Å². The van der Waals surface area contributed by atoms with Gasteiger partial charge in [-0.05, 0) is 17.7 Å². The van der Waals surface area contributed by atoms with E-state index in [1.165, 1.54) is 18.0 Å². The Balaban J connectivity index is 2.48. The van der Waals surface area contributed by atoms with Crippen LogP contribution in [-0.4, -0.2) is 37.3 Å². The average Bonchev–Trinajstić information content (AvgIpc) is 2.61. The topological polar surface area (TPSA) is 104 Å². The largest absolute Gasteiger partial charge is 0.504 e. The van der Waals surface area contributed by atoms with Crippen molar-refractivity contribution in [3.63, 3.8) is 0 Å². The number of amides is 1. The molecule has 1 aromatic rings. The Hall–Kier alpha value is -2.13. The van der Waals surface area contributed by atoms with Gasteiger partial charge >= 0.3 is 5.69 Å². The number of nitro groups is 1. The molecule has 0 saturated carbocycles. The number of nitrogens with zero attached hydrogens (tertiary/aromatic N) is 2. The Bertz CT molecular complexity index is 671. The highest BCUT2D eigenvalue weighted by atomic mass is 32.2. The van der Waals surface area contributed by atoms with Gasteiger partial charge in [-0.15, -0.1) is 0 Å². The maximum atomic E-state index is 11.8. The van der Waals surface area contributed by atoms with Crippen LogP contribution in [0.2, 0.25) is 0 Å². The van der Waals surface area contributed by atoms with Crippen LogP contribution in [0.5, 0.6) is 11.5 Å². The maximum absolute atomic E-state index is 11.8. The molecule has 20 heavy (non-hydrogen) atoms. The van der Waals surface area contributed by atoms with Crippen LogP contribution in [0, 0.1) is 10.1 Å². The van der Waals surface area contributed by atoms with Crippen LogP contribution in [-0.2, 0) is 4.79 Å². The summed E-state index contributed by atoms with van der Waals surface area (Å²) >= 11 is 6.01. The summed E-state index contributed by atoms with van der Waals surface area (Å²) in [6, 6.07) is 2.20. The van der Waals surface area contributed by atoms with E-state index in [0.717, 1.165) is 23.9 Å². The Morgan fingerprint density at radius 1 is 1.45 bits per heavy atom. The van der Waals surface area contributed by atoms with E-state index in [9.17, 15) is 25.1 Å². The quantitative estimate of drug-likeness (QED) is 0.282. The van der Waals surface area contributed by atoms with Gasteiger partial charge in [-0.2, -0.15) is 0 Å². The molecule has 7 nitrogen and oxygen atoms in total. The predicted octanol–water partition coefficient (Wildman–Crippen LogP) is 1.84. The Morgan fingerprint density at radius 3 is 2.60 bits per heavy atom. The molecule has 1 amide bonds. The number of rotatable bonds is 2. The second-order valence-corrected chi connectivity index (χ2v) is 5.58. The molecule has 0 radical (unpaired) electrons. The number of thiocarbonyl (C=S) groups is 1. The Labute approximate surface area is 122 Å². The van der Waals surface area contributed by atoms with Gasteiger partial charge in [0.1, 0.15) is 4.32 Å². The SMILES string of the molecule is CN1C(=O)C(=Cc2cc(O)c(O)c([N+](=O)[O-])c2)SC1=S. The molecule has 0 unspecified atom stereocenters. The number of carbonyl (C=O) groups excluding carboxylic acids is 1. The van der Waals surface area contributed by atoms with Gasteiger partial charge < -0.3 is 10.2 Å². The molecular weight excluding hydrogens is 304 g/mol. The van der Waals surface area contributed by atoms with Gasteiger partial charge in [-0.25, -0.2) is 0 Å². The van der Waals surface area contributed by atoms with Gasteiger partial charge in [0.2, 0.25) is 5.75 Å². The highest BCUT2D eigenvalue weighted by Crippen LogP contribution is 2.38. The number of likely N-dealkylation sites (N-methyl/N-ethyl adjacent to an activating group) is 1. The zero-order valence-corrected chi connectivity index (χ0v) is 11.7. The fraction of sp³-hybridized carbons (Fsp3) is 0.0909. The summed E-state index contributed by atoms with van der Waals surface area (Å²) in [5, 5.41) is 29.6. The molecule has 1 aromatic carbocycles. The minimum Gasteiger partial charge on any atom is -0.504 e. The molecule has 1 aliphatic heterocycles. The summed E-state index contributed by atoms with van der Waals surface area (Å²) in [4.78, 5) is 23.3. The van der Waals surface area contributed by atoms with Crippen molar-refractivity contribution in [3.05, 3.63) is 32.7 Å². The predicted molar refractivity (Wildman–Crippen MR) is 77.4 cm³/mol. The monoisotopic (exact) mass is 312 g/mol. The van der Waals surface area contributed by atoms with E-state index in [1.807, 2.05) is 0 Å². The third kappa shape index (κ3) is 2.45. The minimum absolute atomic E-state index is 0.223. The summed E-state index contributed by atoms with van der Waals surface area (Å²) in [5.74, 6) is -1.76. The standard InChI is InChI=1S/C11H8N2O5S2/c1-12-10(16)8(20-11(12)19)4-5-2-6(13(17)18)9(15)7(14)3-5/h2-4,14-15H,1H3. The van der Waals surface area contributed by atoms with E-state index in [0.29, 0.717) is 4.32 Å². The molecule has 104 valence electrons. The van der Waals surface area contributed by atoms with Crippen molar-refractivity contribution >= 4 is 46.0 Å². The van der Waals surface area contributed by atoms with Gasteiger partial charge in [0.15, 0.2) is 5.75 Å². The lowest BCUT2D eigenvalue weighted by Crippen LogP contribution is -2.22. The van der Waals surface area contributed by atoms with Crippen molar-refractivity contribution in [2.75, 3.05) is 7.05 Å². The maximum Gasteiger partial charge on any atom is 0.315 e. The van der Waals surface area contributed by atoms with Crippen molar-refractivity contribution in [1.82, 2.24) is 4.90 Å². The molecule has 1 heterocycles. The van der Waals surface area contributed by atoms with Crippen LogP contribution < -0.4 is 0 Å². The molecule has 1 saturated heterocycles. The summed E-state index contributed by atoms with van der Waals surface area (Å²) in [5.41, 5.74) is -0.413. The number of thioether (sulfide) groups is 1. The van der Waals surface area contributed by atoms with Gasteiger partial charge in [0.05, 0.1) is 9.83 Å². The van der Waals surface area contributed by atoms with E-state index >= 15 is 0 Å². The molecule has 2 rings (SSSR count). The third-order valence-electron chi connectivity index (χ3n) is 2.57. The van der Waals surface area contributed by atoms with Crippen LogP contribution in [0.1, 0.15) is 5.56 Å². The van der Waals surface area contributed by atoms with Gasteiger partial charge in [-0.3, -0.25) is 19.8 Å². The second kappa shape index (κ2) is 5.10. The first-order chi connectivity index (χ1) is 9.31. The number of phenols is 2. The number of carbonyl (C=O) groups is 1. The van der Waals surface area contributed by atoms with Crippen molar-refractivity contribution in [2.45, 2.75) is 0 Å². The lowest BCUT2D eigenvalue weighted by molar-refractivity contribution is -0.386. The minimum atomic E-state index is -0.822. The molecule has 0 bridgehead atoms. The highest BCUT2D eigenvalue weighted by molar-refractivity contribution is 8.26. The lowest BCUT2D eigenvalue weighted by Gasteiger charge is -2.04. The molecule has 0 aromatic heterocycles. The Kier molecular flexibility index (Phi) is 3.64. The molecule has 0 atom stereocenters. The smallest absolute Gasteiger partial charge is 0.315 e. The fourth-order valence-electron chi connectivity index (χ4n) is 1.54. The molecule has 0 spiro atoms. The zero-order valence-electron chi connectivity index (χ0n) is 10.1. The molecule has 2 N–H and O–H groups in total. The number of nitro benzene ring substituents is 1. The second-order valence-electron chi connectivity index (χ2n) is 3.91. The average molecular weight is 312 g/mol. The summed E-state index contributed by atoms with van der Waals surface area (Å²) in [6.07, 6.45) is 1.37. The fourth-order valence-corrected chi connectivity index (χ4v) is 2.72. The molecule has 0 aliphatic carbocycles. The molecular formula is C11H8N2O5S2. The van der Waals surface area contributed by atoms with Gasteiger partial charge in [0, 0.05) is 13.1 Å². The summed E-state index contributed by atoms with van der Waals surface area (Å²) < 4.78 is 0.374. The lowest BCUT2D eigenvalue weighted by atomic mass is 10.1. The van der Waals surface area contributed by atoms with Gasteiger partial charge in [0.25, 0.3) is 5.91 Å². The van der Waals surface area contributed by atoms with Crippen LogP contribution in [0.4, 0.5) is 5.69 Å². The molecule has 1 aliphatic rings. The van der Waals surface area contributed by atoms with Crippen molar-refractivity contribution in [3.8, 4) is 11.5 Å². The van der Waals surface area contributed by atoms with E-state index in [-0.39, 0.29) is 16.4 Å². The number of aromatic hydroxyl groups is 2. The molecule has 1 fully saturated rings. The normalized spacial score (nSPS) is 17.1. The van der Waals surface area contributed by atoms with E-state index < -0.39 is 22.1 Å². The number of hydrogen-bond acceptors (Lipinski definition) is 7. The van der Waals surface area contributed by atoms with Crippen molar-refractivity contribution in [1.29, 1.82) is 0 Å². The Morgan fingerprint density at radius 2 is 2.10 bits per heavy atom. The van der Waals surface area contributed by atoms with Crippen LogP contribution >= 0.6 is 24.0 Å². The number of phenolic OH excluding ortho intramolecular Hbond substituents is 2. The van der Waals surface area contributed by atoms with E-state index in [2.05, 4.69) is 0 Å². The van der Waals surface area contributed by atoms with E-state index in [1.54, 1.807) is 0 Å². The summed E-state index contributed by atoms with van der Waals surface area (Å²) in [6.45, 7) is 0.